The third-order valence-electron chi connectivity index (χ3n) is 7.00. The number of nitrogens with zero attached hydrogens (tertiary/aromatic N) is 2. The zero-order chi connectivity index (χ0) is 27.6. The van der Waals surface area contributed by atoms with Crippen molar-refractivity contribution in [2.24, 2.45) is 0 Å². The number of sulfonamides is 1. The van der Waals surface area contributed by atoms with Crippen LogP contribution in [0.2, 0.25) is 5.02 Å². The van der Waals surface area contributed by atoms with E-state index >= 15 is 0 Å². The Labute approximate surface area is 236 Å². The first-order valence-corrected chi connectivity index (χ1v) is 15.0. The highest BCUT2D eigenvalue weighted by atomic mass is 79.9. The molecule has 2 heterocycles. The molecule has 0 N–H and O–H groups in total. The van der Waals surface area contributed by atoms with Crippen LogP contribution in [0.4, 0.5) is 0 Å². The number of Topliss-reactive ketones (excluding diaryl/α,β-unsaturated/α-hetero) is 1. The van der Waals surface area contributed by atoms with Gasteiger partial charge in [0.25, 0.3) is 0 Å². The lowest BCUT2D eigenvalue weighted by atomic mass is 10.1. The summed E-state index contributed by atoms with van der Waals surface area (Å²) in [5.74, 6) is -1.13. The summed E-state index contributed by atoms with van der Waals surface area (Å²) < 4.78 is 35.7. The van der Waals surface area contributed by atoms with Crippen LogP contribution in [0.5, 0.6) is 0 Å². The molecule has 1 atom stereocenters. The van der Waals surface area contributed by atoms with E-state index in [-0.39, 0.29) is 22.3 Å². The van der Waals surface area contributed by atoms with Gasteiger partial charge in [-0.15, -0.1) is 0 Å². The van der Waals surface area contributed by atoms with E-state index < -0.39 is 22.6 Å². The van der Waals surface area contributed by atoms with Gasteiger partial charge in [-0.2, -0.15) is 4.31 Å². The molecule has 2 aromatic carbocycles. The molecule has 0 radical (unpaired) electrons. The van der Waals surface area contributed by atoms with Crippen molar-refractivity contribution in [1.29, 1.82) is 0 Å². The minimum atomic E-state index is -3.77. The van der Waals surface area contributed by atoms with Gasteiger partial charge in [-0.3, -0.25) is 4.79 Å². The van der Waals surface area contributed by atoms with E-state index in [1.165, 1.54) is 22.5 Å². The summed E-state index contributed by atoms with van der Waals surface area (Å²) >= 11 is 9.62. The molecule has 0 spiro atoms. The van der Waals surface area contributed by atoms with Crippen molar-refractivity contribution in [2.45, 2.75) is 57.5 Å². The van der Waals surface area contributed by atoms with E-state index in [9.17, 15) is 18.0 Å². The van der Waals surface area contributed by atoms with Gasteiger partial charge in [0, 0.05) is 45.6 Å². The van der Waals surface area contributed by atoms with Crippen LogP contribution in [0.1, 0.15) is 63.9 Å². The summed E-state index contributed by atoms with van der Waals surface area (Å²) in [5.41, 5.74) is 3.06. The molecule has 3 aromatic rings. The maximum absolute atomic E-state index is 13.3. The van der Waals surface area contributed by atoms with Gasteiger partial charge < -0.3 is 9.30 Å². The first kappa shape index (κ1) is 28.5. The highest BCUT2D eigenvalue weighted by Crippen LogP contribution is 2.28. The van der Waals surface area contributed by atoms with Crippen molar-refractivity contribution < 1.29 is 22.7 Å². The third-order valence-corrected chi connectivity index (χ3v) is 10.1. The number of carbonyl (C=O) groups is 2. The van der Waals surface area contributed by atoms with Crippen LogP contribution in [-0.4, -0.2) is 48.2 Å². The van der Waals surface area contributed by atoms with Gasteiger partial charge in [0.2, 0.25) is 15.8 Å². The molecule has 1 unspecified atom stereocenters. The van der Waals surface area contributed by atoms with E-state index in [1.807, 2.05) is 49.6 Å². The maximum Gasteiger partial charge on any atom is 0.339 e. The summed E-state index contributed by atoms with van der Waals surface area (Å²) in [6.45, 7) is 6.12. The quantitative estimate of drug-likeness (QED) is 0.222. The summed E-state index contributed by atoms with van der Waals surface area (Å²) in [6, 6.07) is 13.5. The molecule has 38 heavy (non-hydrogen) atoms. The summed E-state index contributed by atoms with van der Waals surface area (Å²) in [6.07, 6.45) is 2.59. The second kappa shape index (κ2) is 11.7. The summed E-state index contributed by atoms with van der Waals surface area (Å²) in [4.78, 5) is 26.0. The molecule has 1 aliphatic rings. The number of halogens is 2. The van der Waals surface area contributed by atoms with Crippen molar-refractivity contribution in [3.63, 3.8) is 0 Å². The lowest BCUT2D eigenvalue weighted by Crippen LogP contribution is -2.41. The number of ketones is 1. The number of carbonyl (C=O) groups excluding carboxylic acids is 2. The molecule has 1 fully saturated rings. The Morgan fingerprint density at radius 1 is 1.08 bits per heavy atom. The Balaban J connectivity index is 1.49. The van der Waals surface area contributed by atoms with E-state index in [2.05, 4.69) is 15.9 Å². The van der Waals surface area contributed by atoms with Crippen LogP contribution in [-0.2, 0) is 21.3 Å². The van der Waals surface area contributed by atoms with Crippen molar-refractivity contribution >= 4 is 49.3 Å². The number of rotatable bonds is 8. The zero-order valence-corrected chi connectivity index (χ0v) is 24.7. The molecule has 0 saturated carbocycles. The first-order valence-electron chi connectivity index (χ1n) is 12.4. The number of esters is 1. The minimum Gasteiger partial charge on any atom is -0.454 e. The van der Waals surface area contributed by atoms with E-state index in [4.69, 9.17) is 16.3 Å². The number of ether oxygens (including phenoxy) is 1. The first-order chi connectivity index (χ1) is 18.0. The smallest absolute Gasteiger partial charge is 0.339 e. The molecule has 7 nitrogen and oxygen atoms in total. The number of piperidine rings is 1. The molecule has 1 saturated heterocycles. The van der Waals surface area contributed by atoms with Gasteiger partial charge in [-0.1, -0.05) is 36.2 Å². The minimum absolute atomic E-state index is 0.0239. The fourth-order valence-corrected chi connectivity index (χ4v) is 7.13. The predicted molar refractivity (Wildman–Crippen MR) is 150 cm³/mol. The molecular weight excluding hydrogens is 592 g/mol. The highest BCUT2D eigenvalue weighted by Gasteiger charge is 2.32. The Morgan fingerprint density at radius 3 is 2.53 bits per heavy atom. The largest absolute Gasteiger partial charge is 0.454 e. The summed E-state index contributed by atoms with van der Waals surface area (Å²) in [5, 5.41) is 0.645. The predicted octanol–water partition coefficient (Wildman–Crippen LogP) is 6.17. The van der Waals surface area contributed by atoms with Crippen LogP contribution < -0.4 is 0 Å². The van der Waals surface area contributed by atoms with Crippen LogP contribution in [0.25, 0.3) is 0 Å². The van der Waals surface area contributed by atoms with Crippen molar-refractivity contribution in [3.05, 3.63) is 86.1 Å². The maximum atomic E-state index is 13.3. The Kier molecular flexibility index (Phi) is 8.82. The van der Waals surface area contributed by atoms with E-state index in [0.717, 1.165) is 36.2 Å². The average Bonchev–Trinajstić information content (AvgIpc) is 3.17. The molecule has 202 valence electrons. The van der Waals surface area contributed by atoms with Gasteiger partial charge in [-0.05, 0) is 85.4 Å². The number of hydrogen-bond donors (Lipinski definition) is 0. The number of benzene rings is 2. The lowest BCUT2D eigenvalue weighted by Gasteiger charge is -2.32. The number of hydrogen-bond acceptors (Lipinski definition) is 5. The average molecular weight is 622 g/mol. The normalized spacial score (nSPS) is 16.4. The van der Waals surface area contributed by atoms with Crippen molar-refractivity contribution in [3.8, 4) is 0 Å². The van der Waals surface area contributed by atoms with Gasteiger partial charge >= 0.3 is 5.97 Å². The standard InChI is InChI=1S/C28H30BrClN2O5S/c1-18-8-6-7-13-32(18)38(35,36)22-11-12-25(29)24(15-22)28(34)37-17-27(33)23-14-19(2)31(20(23)3)16-21-9-4-5-10-26(21)30/h4-5,9-12,14-15,18H,6-8,13,16-17H2,1-3H3. The molecule has 0 amide bonds. The monoisotopic (exact) mass is 620 g/mol. The lowest BCUT2D eigenvalue weighted by molar-refractivity contribution is 0.0473. The molecule has 4 rings (SSSR count). The fraction of sp³-hybridized carbons (Fsp3) is 0.357. The molecule has 1 aliphatic heterocycles. The Bertz CT molecular complexity index is 1480. The SMILES string of the molecule is Cc1cc(C(=O)COC(=O)c2cc(S(=O)(=O)N3CCCCC3C)ccc2Br)c(C)n1Cc1ccccc1Cl. The Morgan fingerprint density at radius 2 is 1.82 bits per heavy atom. The van der Waals surface area contributed by atoms with Crippen molar-refractivity contribution in [2.75, 3.05) is 13.2 Å². The zero-order valence-electron chi connectivity index (χ0n) is 21.5. The molecule has 10 heteroatoms. The van der Waals surface area contributed by atoms with Gasteiger partial charge in [-0.25, -0.2) is 13.2 Å². The van der Waals surface area contributed by atoms with Crippen molar-refractivity contribution in [1.82, 2.24) is 8.87 Å². The van der Waals surface area contributed by atoms with Gasteiger partial charge in [0.05, 0.1) is 10.5 Å². The third kappa shape index (κ3) is 5.91. The fourth-order valence-electron chi connectivity index (χ4n) is 4.80. The molecule has 0 aliphatic carbocycles. The van der Waals surface area contributed by atoms with E-state index in [1.54, 1.807) is 6.07 Å². The summed E-state index contributed by atoms with van der Waals surface area (Å²) in [7, 11) is -3.77. The van der Waals surface area contributed by atoms with E-state index in [0.29, 0.717) is 28.1 Å². The number of aromatic nitrogens is 1. The molecule has 1 aromatic heterocycles. The molecule has 0 bridgehead atoms. The Hall–Kier alpha value is -2.46. The van der Waals surface area contributed by atoms with Crippen LogP contribution in [0.3, 0.4) is 0 Å². The second-order valence-electron chi connectivity index (χ2n) is 9.56. The molecular formula is C28H30BrClN2O5S. The topological polar surface area (TPSA) is 85.7 Å². The van der Waals surface area contributed by atoms with Crippen LogP contribution >= 0.6 is 27.5 Å². The van der Waals surface area contributed by atoms with Gasteiger partial charge in [0.15, 0.2) is 6.61 Å². The van der Waals surface area contributed by atoms with Gasteiger partial charge in [0.1, 0.15) is 0 Å². The number of aryl methyl sites for hydroxylation is 1. The highest BCUT2D eigenvalue weighted by molar-refractivity contribution is 9.10. The second-order valence-corrected chi connectivity index (χ2v) is 12.7. The van der Waals surface area contributed by atoms with Crippen LogP contribution in [0, 0.1) is 13.8 Å². The van der Waals surface area contributed by atoms with Crippen LogP contribution in [0.15, 0.2) is 57.9 Å².